The van der Waals surface area contributed by atoms with Crippen LogP contribution >= 0.6 is 23.2 Å². The fourth-order valence-electron chi connectivity index (χ4n) is 2.00. The summed E-state index contributed by atoms with van der Waals surface area (Å²) in [5, 5.41) is 6.18. The molecule has 2 N–H and O–H groups in total. The molecule has 0 aliphatic rings. The molecule has 0 spiro atoms. The molecule has 1 rings (SSSR count). The lowest BCUT2D eigenvalue weighted by Crippen LogP contribution is -2.38. The van der Waals surface area contributed by atoms with E-state index in [1.807, 2.05) is 6.92 Å². The number of rotatable bonds is 9. The van der Waals surface area contributed by atoms with E-state index in [9.17, 15) is 17.2 Å². The Bertz CT molecular complexity index is 731. The number of nitrogens with zero attached hydrogens (tertiary/aromatic N) is 1. The van der Waals surface area contributed by atoms with Gasteiger partial charge in [0.1, 0.15) is 15.6 Å². The van der Waals surface area contributed by atoms with Gasteiger partial charge in [0.2, 0.25) is 0 Å². The van der Waals surface area contributed by atoms with E-state index in [-0.39, 0.29) is 28.1 Å². The van der Waals surface area contributed by atoms with Gasteiger partial charge in [-0.2, -0.15) is 8.78 Å². The molecule has 0 bridgehead atoms. The average Bonchev–Trinajstić information content (AvgIpc) is 2.50. The molecule has 0 heterocycles. The van der Waals surface area contributed by atoms with E-state index in [1.165, 1.54) is 18.4 Å². The van der Waals surface area contributed by atoms with Gasteiger partial charge in [0.05, 0.1) is 17.3 Å². The molecule has 26 heavy (non-hydrogen) atoms. The minimum Gasteiger partial charge on any atom is -0.433 e. The molecule has 0 unspecified atom stereocenters. The van der Waals surface area contributed by atoms with Gasteiger partial charge in [-0.15, -0.1) is 0 Å². The lowest BCUT2D eigenvalue weighted by molar-refractivity contribution is -0.0503. The molecule has 0 saturated carbocycles. The van der Waals surface area contributed by atoms with Crippen molar-refractivity contribution in [3.63, 3.8) is 0 Å². The summed E-state index contributed by atoms with van der Waals surface area (Å²) in [4.78, 5) is 4.27. The molecule has 0 aromatic heterocycles. The van der Waals surface area contributed by atoms with Crippen LogP contribution in [-0.4, -0.2) is 46.1 Å². The van der Waals surface area contributed by atoms with Crippen molar-refractivity contribution >= 4 is 39.0 Å². The molecule has 1 aromatic rings. The second-order valence-corrected chi connectivity index (χ2v) is 8.46. The maximum absolute atomic E-state index is 12.6. The summed E-state index contributed by atoms with van der Waals surface area (Å²) in [5.74, 6) is 0.276. The normalized spacial score (nSPS) is 12.3. The third-order valence-electron chi connectivity index (χ3n) is 3.03. The van der Waals surface area contributed by atoms with E-state index >= 15 is 0 Å². The van der Waals surface area contributed by atoms with E-state index in [4.69, 9.17) is 23.2 Å². The maximum Gasteiger partial charge on any atom is 0.387 e. The molecule has 0 radical (unpaired) electrons. The fraction of sp³-hybridized carbons (Fsp3) is 0.533. The van der Waals surface area contributed by atoms with Crippen molar-refractivity contribution in [3.05, 3.63) is 27.7 Å². The Hall–Kier alpha value is -1.32. The lowest BCUT2D eigenvalue weighted by Gasteiger charge is -2.14. The Balaban J connectivity index is 2.85. The minimum atomic E-state index is -3.03. The quantitative estimate of drug-likeness (QED) is 0.356. The van der Waals surface area contributed by atoms with Gasteiger partial charge in [-0.05, 0) is 25.5 Å². The summed E-state index contributed by atoms with van der Waals surface area (Å²) in [7, 11) is -3.03. The number of hydrogen-bond donors (Lipinski definition) is 2. The molecule has 148 valence electrons. The number of alkyl halides is 2. The Labute approximate surface area is 161 Å². The highest BCUT2D eigenvalue weighted by molar-refractivity contribution is 7.90. The summed E-state index contributed by atoms with van der Waals surface area (Å²) in [6.07, 6.45) is 1.58. The average molecular weight is 432 g/mol. The first-order valence-electron chi connectivity index (χ1n) is 7.75. The first kappa shape index (κ1) is 22.7. The zero-order valence-corrected chi connectivity index (χ0v) is 16.7. The van der Waals surface area contributed by atoms with Crippen molar-refractivity contribution in [1.82, 2.24) is 10.6 Å². The third kappa shape index (κ3) is 8.86. The van der Waals surface area contributed by atoms with Gasteiger partial charge in [-0.25, -0.2) is 13.4 Å². The highest BCUT2D eigenvalue weighted by atomic mass is 35.5. The summed E-state index contributed by atoms with van der Waals surface area (Å²) < 4.78 is 51.9. The maximum atomic E-state index is 12.6. The summed E-state index contributed by atoms with van der Waals surface area (Å²) in [6.45, 7) is -0.234. The van der Waals surface area contributed by atoms with Crippen molar-refractivity contribution in [2.24, 2.45) is 4.99 Å². The van der Waals surface area contributed by atoms with E-state index in [0.717, 1.165) is 0 Å². The molecule has 0 saturated heterocycles. The predicted molar refractivity (Wildman–Crippen MR) is 100 cm³/mol. The van der Waals surface area contributed by atoms with E-state index in [2.05, 4.69) is 20.4 Å². The topological polar surface area (TPSA) is 79.8 Å². The highest BCUT2D eigenvalue weighted by Crippen LogP contribution is 2.34. The Morgan fingerprint density at radius 3 is 2.58 bits per heavy atom. The Morgan fingerprint density at radius 1 is 1.31 bits per heavy atom. The molecule has 11 heteroatoms. The number of ether oxygens (including phenoxy) is 1. The van der Waals surface area contributed by atoms with Crippen LogP contribution in [0.25, 0.3) is 0 Å². The second-order valence-electron chi connectivity index (χ2n) is 5.36. The van der Waals surface area contributed by atoms with Crippen LogP contribution in [0.15, 0.2) is 17.1 Å². The smallest absolute Gasteiger partial charge is 0.387 e. The molecule has 6 nitrogen and oxygen atoms in total. The number of hydrogen-bond acceptors (Lipinski definition) is 4. The zero-order chi connectivity index (χ0) is 19.7. The number of halogens is 4. The van der Waals surface area contributed by atoms with Gasteiger partial charge in [-0.3, -0.25) is 0 Å². The van der Waals surface area contributed by atoms with Crippen molar-refractivity contribution in [2.45, 2.75) is 26.5 Å². The summed E-state index contributed by atoms with van der Waals surface area (Å²) in [5.41, 5.74) is 0.302. The van der Waals surface area contributed by atoms with E-state index < -0.39 is 16.4 Å². The fourth-order valence-corrected chi connectivity index (χ4v) is 3.25. The summed E-state index contributed by atoms with van der Waals surface area (Å²) >= 11 is 11.8. The van der Waals surface area contributed by atoms with Crippen LogP contribution in [0, 0.1) is 0 Å². The second kappa shape index (κ2) is 10.7. The first-order valence-corrected chi connectivity index (χ1v) is 10.6. The van der Waals surface area contributed by atoms with Gasteiger partial charge in [0.15, 0.2) is 5.96 Å². The van der Waals surface area contributed by atoms with Gasteiger partial charge < -0.3 is 15.4 Å². The van der Waals surface area contributed by atoms with Crippen molar-refractivity contribution in [2.75, 3.05) is 25.1 Å². The third-order valence-corrected chi connectivity index (χ3v) is 4.56. The van der Waals surface area contributed by atoms with E-state index in [1.54, 1.807) is 0 Å². The first-order chi connectivity index (χ1) is 12.1. The van der Waals surface area contributed by atoms with Crippen LogP contribution in [0.3, 0.4) is 0 Å². The van der Waals surface area contributed by atoms with Crippen LogP contribution < -0.4 is 15.4 Å². The standard InChI is InChI=1S/C15H21Cl2F2N3O3S/c1-3-20-15(21-5-4-6-26(2,23)24)22-9-10-7-11(16)8-12(17)13(10)25-14(18)19/h7-8,14H,3-6,9H2,1-2H3,(H2,20,21,22). The van der Waals surface area contributed by atoms with Crippen molar-refractivity contribution < 1.29 is 21.9 Å². The monoisotopic (exact) mass is 431 g/mol. The van der Waals surface area contributed by atoms with Crippen molar-refractivity contribution in [1.29, 1.82) is 0 Å². The zero-order valence-electron chi connectivity index (χ0n) is 14.4. The molecular weight excluding hydrogens is 411 g/mol. The van der Waals surface area contributed by atoms with Gasteiger partial charge in [0.25, 0.3) is 0 Å². The molecular formula is C15H21Cl2F2N3O3S. The molecule has 1 aromatic carbocycles. The Morgan fingerprint density at radius 2 is 2.00 bits per heavy atom. The summed E-state index contributed by atoms with van der Waals surface area (Å²) in [6, 6.07) is 2.75. The largest absolute Gasteiger partial charge is 0.433 e. The number of aliphatic imine (C=N–C) groups is 1. The molecule has 0 atom stereocenters. The molecule has 0 amide bonds. The number of nitrogens with one attached hydrogen (secondary N) is 2. The number of sulfone groups is 1. The molecule has 0 aliphatic heterocycles. The Kier molecular flexibility index (Phi) is 9.38. The van der Waals surface area contributed by atoms with Gasteiger partial charge in [0, 0.05) is 29.9 Å². The van der Waals surface area contributed by atoms with Crippen LogP contribution in [-0.2, 0) is 16.4 Å². The lowest BCUT2D eigenvalue weighted by atomic mass is 10.2. The highest BCUT2D eigenvalue weighted by Gasteiger charge is 2.15. The van der Waals surface area contributed by atoms with Gasteiger partial charge in [-0.1, -0.05) is 23.2 Å². The van der Waals surface area contributed by atoms with Crippen LogP contribution in [0.4, 0.5) is 8.78 Å². The SMILES string of the molecule is CCNC(=NCc1cc(Cl)cc(Cl)c1OC(F)F)NCCCS(C)(=O)=O. The minimum absolute atomic E-state index is 0.0102. The van der Waals surface area contributed by atoms with Crippen LogP contribution in [0.2, 0.25) is 10.0 Å². The number of guanidine groups is 1. The molecule has 0 fully saturated rings. The molecule has 0 aliphatic carbocycles. The predicted octanol–water partition coefficient (Wildman–Crippen LogP) is 3.08. The van der Waals surface area contributed by atoms with E-state index in [0.29, 0.717) is 31.0 Å². The number of benzene rings is 1. The van der Waals surface area contributed by atoms with Crippen LogP contribution in [0.5, 0.6) is 5.75 Å². The van der Waals surface area contributed by atoms with Gasteiger partial charge >= 0.3 is 6.61 Å². The van der Waals surface area contributed by atoms with Crippen molar-refractivity contribution in [3.8, 4) is 5.75 Å². The van der Waals surface area contributed by atoms with Crippen LogP contribution in [0.1, 0.15) is 18.9 Å².